The van der Waals surface area contributed by atoms with Gasteiger partial charge >= 0.3 is 0 Å². The summed E-state index contributed by atoms with van der Waals surface area (Å²) in [6.45, 7) is 0. The Balaban J connectivity index is 3.02. The fourth-order valence-corrected chi connectivity index (χ4v) is 1.13. The molecular formula is C6H7FIN3. The maximum Gasteiger partial charge on any atom is 0.160 e. The van der Waals surface area contributed by atoms with Crippen molar-refractivity contribution in [3.05, 3.63) is 18.3 Å². The number of hydrogen-bond acceptors (Lipinski definition) is 3. The van der Waals surface area contributed by atoms with Gasteiger partial charge < -0.3 is 3.53 Å². The van der Waals surface area contributed by atoms with Crippen LogP contribution in [0.3, 0.4) is 0 Å². The van der Waals surface area contributed by atoms with E-state index in [0.717, 1.165) is 0 Å². The Bertz CT molecular complexity index is 241. The highest BCUT2D eigenvalue weighted by Gasteiger charge is 2.04. The number of anilines is 2. The van der Waals surface area contributed by atoms with Gasteiger partial charge in [-0.1, -0.05) is 0 Å². The fourth-order valence-electron chi connectivity index (χ4n) is 0.718. The van der Waals surface area contributed by atoms with Gasteiger partial charge in [-0.3, -0.25) is 0 Å². The Morgan fingerprint density at radius 3 is 2.91 bits per heavy atom. The number of nitrogens with zero attached hydrogens (tertiary/aromatic N) is 2. The molecule has 0 aliphatic carbocycles. The molecule has 1 aromatic heterocycles. The molecule has 0 amide bonds. The van der Waals surface area contributed by atoms with Crippen molar-refractivity contribution in [2.75, 3.05) is 15.7 Å². The van der Waals surface area contributed by atoms with E-state index in [1.165, 1.54) is 7.05 Å². The Morgan fingerprint density at radius 1 is 1.73 bits per heavy atom. The minimum absolute atomic E-state index is 0.432. The lowest BCUT2D eigenvalue weighted by atomic mass is 10.4. The standard InChI is InChI=1S/C6H7FIN3/c1-11(7)5-3-2-4-9-6(5)10-8/h2-4H,1H3,(H,9,10). The molecule has 1 heterocycles. The van der Waals surface area contributed by atoms with Gasteiger partial charge in [0.25, 0.3) is 0 Å². The molecule has 0 radical (unpaired) electrons. The number of nitrogens with one attached hydrogen (secondary N) is 1. The van der Waals surface area contributed by atoms with Gasteiger partial charge in [0, 0.05) is 13.2 Å². The lowest BCUT2D eigenvalue weighted by Gasteiger charge is -2.09. The Kier molecular flexibility index (Phi) is 2.86. The third-order valence-electron chi connectivity index (χ3n) is 1.21. The molecule has 60 valence electrons. The highest BCUT2D eigenvalue weighted by Crippen LogP contribution is 2.22. The van der Waals surface area contributed by atoms with Gasteiger partial charge in [0.15, 0.2) is 5.82 Å². The first-order chi connectivity index (χ1) is 5.25. The Morgan fingerprint density at radius 2 is 2.45 bits per heavy atom. The van der Waals surface area contributed by atoms with Crippen molar-refractivity contribution in [1.82, 2.24) is 4.98 Å². The van der Waals surface area contributed by atoms with Crippen molar-refractivity contribution in [3.8, 4) is 0 Å². The maximum absolute atomic E-state index is 12.6. The predicted molar refractivity (Wildman–Crippen MR) is 51.4 cm³/mol. The first-order valence-corrected chi connectivity index (χ1v) is 4.04. The summed E-state index contributed by atoms with van der Waals surface area (Å²) >= 11 is 1.91. The molecule has 11 heavy (non-hydrogen) atoms. The van der Waals surface area contributed by atoms with Crippen molar-refractivity contribution in [1.29, 1.82) is 0 Å². The monoisotopic (exact) mass is 267 g/mol. The number of aromatic nitrogens is 1. The molecule has 0 atom stereocenters. The molecule has 0 fully saturated rings. The quantitative estimate of drug-likeness (QED) is 0.657. The molecule has 0 aliphatic rings. The lowest BCUT2D eigenvalue weighted by Crippen LogP contribution is -2.05. The van der Waals surface area contributed by atoms with Crippen LogP contribution in [0.1, 0.15) is 0 Å². The molecule has 0 unspecified atom stereocenters. The number of halogens is 2. The van der Waals surface area contributed by atoms with Crippen molar-refractivity contribution in [2.24, 2.45) is 0 Å². The Hall–Kier alpha value is -0.590. The predicted octanol–water partition coefficient (Wildman–Crippen LogP) is 2.16. The Labute approximate surface area is 78.0 Å². The molecule has 0 aliphatic heterocycles. The molecule has 1 rings (SSSR count). The van der Waals surface area contributed by atoms with E-state index in [1.54, 1.807) is 18.3 Å². The van der Waals surface area contributed by atoms with Gasteiger partial charge in [-0.05, 0) is 12.1 Å². The van der Waals surface area contributed by atoms with Crippen LogP contribution in [0.25, 0.3) is 0 Å². The smallest absolute Gasteiger partial charge is 0.160 e. The van der Waals surface area contributed by atoms with Crippen molar-refractivity contribution in [2.45, 2.75) is 0 Å². The molecular weight excluding hydrogens is 260 g/mol. The molecule has 0 spiro atoms. The first-order valence-electron chi connectivity index (χ1n) is 2.97. The second-order valence-corrected chi connectivity index (χ2v) is 2.48. The topological polar surface area (TPSA) is 28.2 Å². The van der Waals surface area contributed by atoms with Crippen LogP contribution >= 0.6 is 22.9 Å². The van der Waals surface area contributed by atoms with Crippen LogP contribution in [0.2, 0.25) is 0 Å². The van der Waals surface area contributed by atoms with Gasteiger partial charge in [0.05, 0.1) is 22.9 Å². The van der Waals surface area contributed by atoms with Gasteiger partial charge in [0.1, 0.15) is 5.69 Å². The zero-order chi connectivity index (χ0) is 8.27. The minimum Gasteiger partial charge on any atom is -0.311 e. The zero-order valence-electron chi connectivity index (χ0n) is 5.88. The van der Waals surface area contributed by atoms with E-state index in [1.807, 2.05) is 22.9 Å². The highest BCUT2D eigenvalue weighted by atomic mass is 127. The van der Waals surface area contributed by atoms with Crippen molar-refractivity contribution < 1.29 is 4.48 Å². The molecule has 5 heteroatoms. The number of hydrogen-bond donors (Lipinski definition) is 1. The fraction of sp³-hybridized carbons (Fsp3) is 0.167. The van der Waals surface area contributed by atoms with Crippen LogP contribution in [0, 0.1) is 0 Å². The zero-order valence-corrected chi connectivity index (χ0v) is 8.04. The van der Waals surface area contributed by atoms with Gasteiger partial charge in [-0.25, -0.2) is 10.1 Å². The molecule has 1 aromatic rings. The van der Waals surface area contributed by atoms with Crippen LogP contribution in [0.4, 0.5) is 16.0 Å². The second-order valence-electron chi connectivity index (χ2n) is 1.94. The van der Waals surface area contributed by atoms with Crippen molar-refractivity contribution in [3.63, 3.8) is 0 Å². The van der Waals surface area contributed by atoms with Crippen LogP contribution in [0.5, 0.6) is 0 Å². The van der Waals surface area contributed by atoms with E-state index < -0.39 is 0 Å². The largest absolute Gasteiger partial charge is 0.311 e. The van der Waals surface area contributed by atoms with Gasteiger partial charge in [-0.2, -0.15) is 0 Å². The summed E-state index contributed by atoms with van der Waals surface area (Å²) in [4.78, 5) is 3.92. The van der Waals surface area contributed by atoms with Gasteiger partial charge in [0.2, 0.25) is 0 Å². The summed E-state index contributed by atoms with van der Waals surface area (Å²) in [6.07, 6.45) is 1.61. The average molecular weight is 267 g/mol. The molecule has 0 saturated heterocycles. The van der Waals surface area contributed by atoms with E-state index >= 15 is 0 Å². The van der Waals surface area contributed by atoms with Gasteiger partial charge in [-0.15, -0.1) is 4.48 Å². The SMILES string of the molecule is CN(F)c1cccnc1NI. The molecule has 0 saturated carbocycles. The summed E-state index contributed by atoms with van der Waals surface area (Å²) in [5.74, 6) is 0.526. The van der Waals surface area contributed by atoms with E-state index in [0.29, 0.717) is 16.6 Å². The van der Waals surface area contributed by atoms with Crippen LogP contribution in [-0.2, 0) is 0 Å². The summed E-state index contributed by atoms with van der Waals surface area (Å²) in [7, 11) is 1.33. The highest BCUT2D eigenvalue weighted by molar-refractivity contribution is 14.1. The summed E-state index contributed by atoms with van der Waals surface area (Å²) in [5.41, 5.74) is 0.432. The molecule has 0 aromatic carbocycles. The summed E-state index contributed by atoms with van der Waals surface area (Å²) < 4.78 is 15.4. The molecule has 0 bridgehead atoms. The number of pyridine rings is 1. The lowest BCUT2D eigenvalue weighted by molar-refractivity contribution is 0.476. The molecule has 1 N–H and O–H groups in total. The third-order valence-corrected chi connectivity index (χ3v) is 1.72. The maximum atomic E-state index is 12.6. The van der Waals surface area contributed by atoms with E-state index in [2.05, 4.69) is 8.51 Å². The van der Waals surface area contributed by atoms with Crippen LogP contribution in [0.15, 0.2) is 18.3 Å². The normalized spacial score (nSPS) is 9.36. The third kappa shape index (κ3) is 1.92. The minimum atomic E-state index is 0.432. The number of rotatable bonds is 2. The van der Waals surface area contributed by atoms with Crippen LogP contribution < -0.4 is 8.65 Å². The first kappa shape index (κ1) is 8.51. The van der Waals surface area contributed by atoms with Crippen molar-refractivity contribution >= 4 is 34.4 Å². The van der Waals surface area contributed by atoms with E-state index in [-0.39, 0.29) is 0 Å². The molecule has 3 nitrogen and oxygen atoms in total. The summed E-state index contributed by atoms with van der Waals surface area (Å²) in [6, 6.07) is 3.33. The summed E-state index contributed by atoms with van der Waals surface area (Å²) in [5, 5.41) is 0.522. The van der Waals surface area contributed by atoms with E-state index in [4.69, 9.17) is 0 Å². The van der Waals surface area contributed by atoms with Crippen LogP contribution in [-0.4, -0.2) is 12.0 Å². The average Bonchev–Trinajstić information content (AvgIpc) is 2.04. The van der Waals surface area contributed by atoms with E-state index in [9.17, 15) is 4.48 Å². The second kappa shape index (κ2) is 3.70.